The Morgan fingerprint density at radius 3 is 2.67 bits per heavy atom. The van der Waals surface area contributed by atoms with Gasteiger partial charge in [0.25, 0.3) is 0 Å². The first-order chi connectivity index (χ1) is 10.1. The van der Waals surface area contributed by atoms with Crippen LogP contribution in [0.4, 0.5) is 0 Å². The molecule has 2 aliphatic rings. The summed E-state index contributed by atoms with van der Waals surface area (Å²) in [5.74, 6) is -1.71. The van der Waals surface area contributed by atoms with Gasteiger partial charge in [0.2, 0.25) is 5.91 Å². The Labute approximate surface area is 125 Å². The van der Waals surface area contributed by atoms with Crippen LogP contribution >= 0.6 is 11.8 Å². The van der Waals surface area contributed by atoms with Gasteiger partial charge in [-0.2, -0.15) is 0 Å². The van der Waals surface area contributed by atoms with Crippen molar-refractivity contribution in [2.75, 3.05) is 12.3 Å². The number of fused-ring (bicyclic) bond motifs is 1. The number of aliphatic carboxylic acids is 1. The smallest absolute Gasteiger partial charge is 0.304 e. The van der Waals surface area contributed by atoms with E-state index in [1.807, 2.05) is 0 Å². The molecule has 2 aliphatic heterocycles. The first kappa shape index (κ1) is 13.9. The molecule has 0 radical (unpaired) electrons. The lowest BCUT2D eigenvalue weighted by molar-refractivity contribution is -0.141. The highest BCUT2D eigenvalue weighted by molar-refractivity contribution is 8.03. The first-order valence-electron chi connectivity index (χ1n) is 6.59. The number of carbonyl (C=O) groups excluding carboxylic acids is 2. The second-order valence-corrected chi connectivity index (χ2v) is 5.99. The number of rotatable bonds is 4. The van der Waals surface area contributed by atoms with Gasteiger partial charge in [-0.05, 0) is 0 Å². The van der Waals surface area contributed by atoms with Crippen LogP contribution in [0.15, 0.2) is 40.9 Å². The third-order valence-electron chi connectivity index (χ3n) is 3.60. The van der Waals surface area contributed by atoms with Crippen molar-refractivity contribution in [3.05, 3.63) is 46.5 Å². The molecule has 21 heavy (non-hydrogen) atoms. The number of amides is 1. The number of carboxylic acids is 1. The van der Waals surface area contributed by atoms with Crippen LogP contribution in [0, 0.1) is 5.92 Å². The summed E-state index contributed by atoms with van der Waals surface area (Å²) in [5.41, 5.74) is 0.827. The molecule has 1 aromatic carbocycles. The lowest BCUT2D eigenvalue weighted by Crippen LogP contribution is -2.29. The number of carboxylic acid groups (broad SMARTS) is 1. The Morgan fingerprint density at radius 1 is 1.29 bits per heavy atom. The Hall–Kier alpha value is -2.08. The second-order valence-electron chi connectivity index (χ2n) is 4.90. The van der Waals surface area contributed by atoms with E-state index in [1.165, 1.54) is 11.8 Å². The van der Waals surface area contributed by atoms with E-state index in [9.17, 15) is 14.4 Å². The third kappa shape index (κ3) is 2.35. The van der Waals surface area contributed by atoms with E-state index in [0.29, 0.717) is 22.7 Å². The van der Waals surface area contributed by atoms with Gasteiger partial charge in [0.15, 0.2) is 5.78 Å². The molecule has 0 bridgehead atoms. The summed E-state index contributed by atoms with van der Waals surface area (Å²) in [5, 5.41) is 9.65. The molecule has 2 heterocycles. The van der Waals surface area contributed by atoms with Crippen molar-refractivity contribution in [3.63, 3.8) is 0 Å². The standard InChI is InChI=1S/C15H13NO4S/c17-11(18)8-10-12(13(19)9-4-2-1-3-5-9)15-16(14(10)20)6-7-21-15/h1-5,10H,6-8H2,(H,17,18)/t10-/m1/s1. The molecule has 0 unspecified atom stereocenters. The largest absolute Gasteiger partial charge is 0.481 e. The SMILES string of the molecule is O=C(O)C[C@H]1C(=O)N2CCSC2=C1C(=O)c1ccccc1. The Kier molecular flexibility index (Phi) is 3.55. The topological polar surface area (TPSA) is 74.7 Å². The summed E-state index contributed by atoms with van der Waals surface area (Å²) in [6, 6.07) is 8.67. The van der Waals surface area contributed by atoms with Gasteiger partial charge in [-0.1, -0.05) is 30.3 Å². The third-order valence-corrected chi connectivity index (χ3v) is 4.70. The quantitative estimate of drug-likeness (QED) is 0.858. The van der Waals surface area contributed by atoms with Gasteiger partial charge in [0.1, 0.15) is 0 Å². The van der Waals surface area contributed by atoms with Gasteiger partial charge in [-0.15, -0.1) is 11.8 Å². The van der Waals surface area contributed by atoms with Crippen LogP contribution in [0.2, 0.25) is 0 Å². The van der Waals surface area contributed by atoms with Crippen LogP contribution in [0.5, 0.6) is 0 Å². The maximum absolute atomic E-state index is 12.7. The number of thioether (sulfide) groups is 1. The maximum atomic E-state index is 12.7. The predicted octanol–water partition coefficient (Wildman–Crippen LogP) is 1.76. The number of hydrogen-bond acceptors (Lipinski definition) is 4. The predicted molar refractivity (Wildman–Crippen MR) is 77.7 cm³/mol. The summed E-state index contributed by atoms with van der Waals surface area (Å²) in [7, 11) is 0. The fourth-order valence-corrected chi connectivity index (χ4v) is 3.87. The van der Waals surface area contributed by atoms with Crippen molar-refractivity contribution in [1.29, 1.82) is 0 Å². The van der Waals surface area contributed by atoms with E-state index in [4.69, 9.17) is 5.11 Å². The van der Waals surface area contributed by atoms with Gasteiger partial charge in [-0.25, -0.2) is 0 Å². The van der Waals surface area contributed by atoms with Crippen molar-refractivity contribution >= 4 is 29.4 Å². The van der Waals surface area contributed by atoms with Crippen LogP contribution in [0.3, 0.4) is 0 Å². The molecule has 0 aromatic heterocycles. The molecule has 1 amide bonds. The van der Waals surface area contributed by atoms with Crippen molar-refractivity contribution in [1.82, 2.24) is 4.90 Å². The average Bonchev–Trinajstić information content (AvgIpc) is 3.03. The zero-order valence-electron chi connectivity index (χ0n) is 11.1. The lowest BCUT2D eigenvalue weighted by Gasteiger charge is -2.12. The van der Waals surface area contributed by atoms with E-state index >= 15 is 0 Å². The van der Waals surface area contributed by atoms with Crippen LogP contribution in [-0.2, 0) is 9.59 Å². The minimum absolute atomic E-state index is 0.248. The average molecular weight is 303 g/mol. The van der Waals surface area contributed by atoms with E-state index in [-0.39, 0.29) is 18.1 Å². The van der Waals surface area contributed by atoms with Gasteiger partial charge < -0.3 is 10.0 Å². The molecule has 1 fully saturated rings. The second kappa shape index (κ2) is 5.37. The molecule has 108 valence electrons. The number of hydrogen-bond donors (Lipinski definition) is 1. The summed E-state index contributed by atoms with van der Waals surface area (Å²) in [6.45, 7) is 0.542. The summed E-state index contributed by atoms with van der Waals surface area (Å²) in [4.78, 5) is 37.6. The molecular weight excluding hydrogens is 290 g/mol. The van der Waals surface area contributed by atoms with Gasteiger partial charge >= 0.3 is 5.97 Å². The fourth-order valence-electron chi connectivity index (χ4n) is 2.67. The zero-order chi connectivity index (χ0) is 15.0. The monoisotopic (exact) mass is 303 g/mol. The minimum Gasteiger partial charge on any atom is -0.481 e. The molecule has 0 spiro atoms. The zero-order valence-corrected chi connectivity index (χ0v) is 11.9. The number of ketones is 1. The molecule has 6 heteroatoms. The van der Waals surface area contributed by atoms with Crippen LogP contribution in [-0.4, -0.2) is 40.0 Å². The Balaban J connectivity index is 2.03. The Morgan fingerprint density at radius 2 is 2.00 bits per heavy atom. The minimum atomic E-state index is -1.07. The first-order valence-corrected chi connectivity index (χ1v) is 7.58. The highest BCUT2D eigenvalue weighted by atomic mass is 32.2. The highest BCUT2D eigenvalue weighted by Crippen LogP contribution is 2.43. The number of nitrogens with zero attached hydrogens (tertiary/aromatic N) is 1. The molecule has 5 nitrogen and oxygen atoms in total. The molecular formula is C15H13NO4S. The molecule has 1 aromatic rings. The molecule has 0 aliphatic carbocycles. The van der Waals surface area contributed by atoms with Crippen molar-refractivity contribution in [2.45, 2.75) is 6.42 Å². The van der Waals surface area contributed by atoms with Gasteiger partial charge in [0.05, 0.1) is 17.4 Å². The van der Waals surface area contributed by atoms with Crippen molar-refractivity contribution in [3.8, 4) is 0 Å². The number of carbonyl (C=O) groups is 3. The molecule has 0 saturated carbocycles. The molecule has 1 N–H and O–H groups in total. The molecule has 3 rings (SSSR count). The van der Waals surface area contributed by atoms with E-state index in [0.717, 1.165) is 5.75 Å². The summed E-state index contributed by atoms with van der Waals surface area (Å²) < 4.78 is 0. The summed E-state index contributed by atoms with van der Waals surface area (Å²) in [6.07, 6.45) is -0.340. The van der Waals surface area contributed by atoms with Crippen LogP contribution in [0.1, 0.15) is 16.8 Å². The summed E-state index contributed by atoms with van der Waals surface area (Å²) >= 11 is 1.45. The van der Waals surface area contributed by atoms with Crippen LogP contribution < -0.4 is 0 Å². The van der Waals surface area contributed by atoms with Gasteiger partial charge in [-0.3, -0.25) is 14.4 Å². The molecule has 1 atom stereocenters. The number of benzene rings is 1. The molecule has 1 saturated heterocycles. The normalized spacial score (nSPS) is 20.9. The van der Waals surface area contributed by atoms with Crippen LogP contribution in [0.25, 0.3) is 0 Å². The van der Waals surface area contributed by atoms with Gasteiger partial charge in [0, 0.05) is 23.4 Å². The number of Topliss-reactive ketones (excluding diaryl/α,β-unsaturated/α-hetero) is 1. The van der Waals surface area contributed by atoms with Crippen molar-refractivity contribution in [2.24, 2.45) is 5.92 Å². The van der Waals surface area contributed by atoms with E-state index in [2.05, 4.69) is 0 Å². The maximum Gasteiger partial charge on any atom is 0.304 e. The highest BCUT2D eigenvalue weighted by Gasteiger charge is 2.45. The van der Waals surface area contributed by atoms with Crippen molar-refractivity contribution < 1.29 is 19.5 Å². The lowest BCUT2D eigenvalue weighted by atomic mass is 9.91. The van der Waals surface area contributed by atoms with E-state index in [1.54, 1.807) is 35.2 Å². The fraction of sp³-hybridized carbons (Fsp3) is 0.267. The Bertz CT molecular complexity index is 653. The van der Waals surface area contributed by atoms with E-state index < -0.39 is 11.9 Å².